The number of thiazole rings is 1. The highest BCUT2D eigenvalue weighted by atomic mass is 32.1. The Hall–Kier alpha value is -6.08. The van der Waals surface area contributed by atoms with Crippen LogP contribution < -0.4 is 0 Å². The lowest BCUT2D eigenvalue weighted by Crippen LogP contribution is -2.00. The summed E-state index contributed by atoms with van der Waals surface area (Å²) in [5, 5.41) is 5.69. The minimum atomic E-state index is 0.648. The Morgan fingerprint density at radius 3 is 1.76 bits per heavy atom. The molecule has 0 unspecified atom stereocenters. The van der Waals surface area contributed by atoms with Gasteiger partial charge in [-0.1, -0.05) is 127 Å². The molecule has 0 fully saturated rings. The summed E-state index contributed by atoms with van der Waals surface area (Å²) in [6, 6.07) is 55.1. The fourth-order valence-corrected chi connectivity index (χ4v) is 8.81. The second-order valence-electron chi connectivity index (χ2n) is 12.3. The minimum absolute atomic E-state index is 0.648. The number of nitrogens with zero attached hydrogens (tertiary/aromatic N) is 4. The lowest BCUT2D eigenvalue weighted by atomic mass is 9.99. The van der Waals surface area contributed by atoms with E-state index in [2.05, 4.69) is 127 Å². The first-order valence-electron chi connectivity index (χ1n) is 16.5. The lowest BCUT2D eigenvalue weighted by molar-refractivity contribution is 1.08. The van der Waals surface area contributed by atoms with Crippen molar-refractivity contribution >= 4 is 63.8 Å². The van der Waals surface area contributed by atoms with Gasteiger partial charge in [-0.3, -0.25) is 0 Å². The zero-order valence-electron chi connectivity index (χ0n) is 26.6. The Labute approximate surface area is 296 Å². The molecule has 0 saturated heterocycles. The Morgan fingerprint density at radius 2 is 1.00 bits per heavy atom. The molecule has 0 N–H and O–H groups in total. The monoisotopic (exact) mass is 674 g/mol. The van der Waals surface area contributed by atoms with Crippen LogP contribution >= 0.6 is 22.7 Å². The Bertz CT molecular complexity index is 2860. The second-order valence-corrected chi connectivity index (χ2v) is 14.4. The van der Waals surface area contributed by atoms with Crippen LogP contribution in [-0.4, -0.2) is 19.9 Å². The van der Waals surface area contributed by atoms with Crippen LogP contribution in [0, 0.1) is 0 Å². The van der Waals surface area contributed by atoms with E-state index >= 15 is 0 Å². The molecule has 50 heavy (non-hydrogen) atoms. The van der Waals surface area contributed by atoms with Crippen molar-refractivity contribution in [1.82, 2.24) is 19.9 Å². The van der Waals surface area contributed by atoms with Crippen LogP contribution in [0.4, 0.5) is 0 Å². The summed E-state index contributed by atoms with van der Waals surface area (Å²) in [5.74, 6) is 1.96. The predicted octanol–water partition coefficient (Wildman–Crippen LogP) is 12.3. The third-order valence-corrected chi connectivity index (χ3v) is 11.3. The molecule has 0 amide bonds. The molecule has 10 aromatic rings. The van der Waals surface area contributed by atoms with E-state index in [-0.39, 0.29) is 0 Å². The molecule has 7 aromatic carbocycles. The fraction of sp³-hybridized carbons (Fsp3) is 0. The van der Waals surface area contributed by atoms with Gasteiger partial charge in [0.25, 0.3) is 0 Å². The number of rotatable bonds is 5. The average molecular weight is 675 g/mol. The zero-order valence-corrected chi connectivity index (χ0v) is 28.2. The van der Waals surface area contributed by atoms with Crippen molar-refractivity contribution in [2.75, 3.05) is 0 Å². The van der Waals surface area contributed by atoms with Crippen LogP contribution in [0.2, 0.25) is 0 Å². The summed E-state index contributed by atoms with van der Waals surface area (Å²) in [6.45, 7) is 0. The van der Waals surface area contributed by atoms with Gasteiger partial charge in [0.2, 0.25) is 0 Å². The predicted molar refractivity (Wildman–Crippen MR) is 211 cm³/mol. The molecule has 3 aromatic heterocycles. The van der Waals surface area contributed by atoms with Gasteiger partial charge in [-0.25, -0.2) is 19.9 Å². The molecule has 3 heterocycles. The van der Waals surface area contributed by atoms with E-state index in [9.17, 15) is 0 Å². The lowest BCUT2D eigenvalue weighted by Gasteiger charge is -2.10. The third kappa shape index (κ3) is 5.05. The van der Waals surface area contributed by atoms with Crippen LogP contribution in [0.25, 0.3) is 97.0 Å². The molecule has 6 heteroatoms. The molecule has 0 radical (unpaired) electrons. The highest BCUT2D eigenvalue weighted by Gasteiger charge is 2.18. The highest BCUT2D eigenvalue weighted by molar-refractivity contribution is 7.26. The van der Waals surface area contributed by atoms with Crippen LogP contribution in [0.3, 0.4) is 0 Å². The number of thiophene rings is 1. The molecule has 10 rings (SSSR count). The van der Waals surface area contributed by atoms with Gasteiger partial charge in [0, 0.05) is 42.4 Å². The smallest absolute Gasteiger partial charge is 0.164 e. The molecule has 0 saturated carbocycles. The number of benzene rings is 7. The number of hydrogen-bond donors (Lipinski definition) is 0. The topological polar surface area (TPSA) is 51.6 Å². The maximum absolute atomic E-state index is 5.20. The van der Waals surface area contributed by atoms with Gasteiger partial charge < -0.3 is 0 Å². The number of aromatic nitrogens is 4. The van der Waals surface area contributed by atoms with Crippen molar-refractivity contribution in [3.8, 4) is 55.9 Å². The van der Waals surface area contributed by atoms with E-state index in [1.807, 2.05) is 30.3 Å². The quantitative estimate of drug-likeness (QED) is 0.182. The van der Waals surface area contributed by atoms with Crippen molar-refractivity contribution in [1.29, 1.82) is 0 Å². The van der Waals surface area contributed by atoms with Crippen molar-refractivity contribution in [3.63, 3.8) is 0 Å². The van der Waals surface area contributed by atoms with E-state index in [4.69, 9.17) is 19.9 Å². The maximum atomic E-state index is 5.20. The molecule has 0 spiro atoms. The van der Waals surface area contributed by atoms with Crippen LogP contribution in [0.1, 0.15) is 0 Å². The summed E-state index contributed by atoms with van der Waals surface area (Å²) < 4.78 is 3.56. The minimum Gasteiger partial charge on any atom is -0.236 e. The van der Waals surface area contributed by atoms with Crippen LogP contribution in [0.5, 0.6) is 0 Å². The third-order valence-electron chi connectivity index (χ3n) is 9.14. The van der Waals surface area contributed by atoms with E-state index in [1.165, 1.54) is 36.0 Å². The van der Waals surface area contributed by atoms with E-state index in [0.29, 0.717) is 17.5 Å². The van der Waals surface area contributed by atoms with Gasteiger partial charge >= 0.3 is 0 Å². The molecule has 0 aliphatic rings. The molecule has 4 nitrogen and oxygen atoms in total. The highest BCUT2D eigenvalue weighted by Crippen LogP contribution is 2.43. The maximum Gasteiger partial charge on any atom is 0.164 e. The summed E-state index contributed by atoms with van der Waals surface area (Å²) in [6.07, 6.45) is 0. The second kappa shape index (κ2) is 11.8. The van der Waals surface area contributed by atoms with Gasteiger partial charge in [-0.05, 0) is 52.2 Å². The van der Waals surface area contributed by atoms with E-state index in [1.54, 1.807) is 22.7 Å². The Morgan fingerprint density at radius 1 is 0.360 bits per heavy atom. The summed E-state index contributed by atoms with van der Waals surface area (Å²) in [7, 11) is 0. The standard InChI is InChI=1S/C44H26N4S2/c1-4-11-27(12-5-1)31-21-19-28-20-22-32(24-33(28)23-31)42-46-41(29-13-6-2-7-14-29)47-43(48-42)34-17-10-18-37-40(34)35-25-39-36(26-38(35)49-37)45-44(50-39)30-15-8-3-9-16-30/h1-26H. The number of fused-ring (bicyclic) bond motifs is 5. The van der Waals surface area contributed by atoms with Crippen molar-refractivity contribution < 1.29 is 0 Å². The van der Waals surface area contributed by atoms with Gasteiger partial charge in [0.05, 0.1) is 10.2 Å². The van der Waals surface area contributed by atoms with E-state index < -0.39 is 0 Å². The summed E-state index contributed by atoms with van der Waals surface area (Å²) in [5.41, 5.74) is 7.43. The Kier molecular flexibility index (Phi) is 6.82. The van der Waals surface area contributed by atoms with Gasteiger partial charge in [-0.15, -0.1) is 22.7 Å². The molecule has 0 aliphatic heterocycles. The molecule has 0 bridgehead atoms. The van der Waals surface area contributed by atoms with Crippen LogP contribution in [-0.2, 0) is 0 Å². The molecule has 0 aliphatic carbocycles. The first-order chi connectivity index (χ1) is 24.7. The first-order valence-corrected chi connectivity index (χ1v) is 18.1. The van der Waals surface area contributed by atoms with E-state index in [0.717, 1.165) is 43.6 Å². The molecule has 234 valence electrons. The first kappa shape index (κ1) is 28.9. The SMILES string of the molecule is c1ccc(-c2ccc3ccc(-c4nc(-c5ccccc5)nc(-c5cccc6sc7cc8nc(-c9ccccc9)sc8cc7c56)n4)cc3c2)cc1. The molecular formula is C44H26N4S2. The van der Waals surface area contributed by atoms with Gasteiger partial charge in [0.1, 0.15) is 5.01 Å². The molecule has 0 atom stereocenters. The summed E-state index contributed by atoms with van der Waals surface area (Å²) >= 11 is 3.52. The number of hydrogen-bond acceptors (Lipinski definition) is 6. The largest absolute Gasteiger partial charge is 0.236 e. The Balaban J connectivity index is 1.16. The van der Waals surface area contributed by atoms with Crippen molar-refractivity contribution in [2.45, 2.75) is 0 Å². The van der Waals surface area contributed by atoms with Gasteiger partial charge in [0.15, 0.2) is 17.5 Å². The molecular weight excluding hydrogens is 649 g/mol. The van der Waals surface area contributed by atoms with Crippen molar-refractivity contribution in [2.24, 2.45) is 0 Å². The van der Waals surface area contributed by atoms with Gasteiger partial charge in [-0.2, -0.15) is 0 Å². The average Bonchev–Trinajstić information content (AvgIpc) is 3.78. The van der Waals surface area contributed by atoms with Crippen molar-refractivity contribution in [3.05, 3.63) is 158 Å². The zero-order chi connectivity index (χ0) is 33.0. The van der Waals surface area contributed by atoms with Crippen LogP contribution in [0.15, 0.2) is 158 Å². The normalized spacial score (nSPS) is 11.6. The summed E-state index contributed by atoms with van der Waals surface area (Å²) in [4.78, 5) is 20.4. The fourth-order valence-electron chi connectivity index (χ4n) is 6.68.